The number of nitrogens with zero attached hydrogens (tertiary/aromatic N) is 2. The second-order valence-electron chi connectivity index (χ2n) is 7.07. The average molecular weight is 426 g/mol. The Morgan fingerprint density at radius 2 is 1.52 bits per heavy atom. The third-order valence-corrected chi connectivity index (χ3v) is 5.32. The fraction of sp³-hybridized carbons (Fsp3) is 0.348. The molecule has 0 bridgehead atoms. The number of aliphatic imine (C=N–C) groups is 2. The number of hydrogen-bond acceptors (Lipinski definition) is 7. The number of methoxy groups -OCH3 is 4. The van der Waals surface area contributed by atoms with Gasteiger partial charge in [0.2, 0.25) is 5.75 Å². The van der Waals surface area contributed by atoms with E-state index in [4.69, 9.17) is 18.9 Å². The zero-order valence-corrected chi connectivity index (χ0v) is 18.0. The van der Waals surface area contributed by atoms with E-state index in [-0.39, 0.29) is 6.42 Å². The highest BCUT2D eigenvalue weighted by atomic mass is 16.5. The molecule has 0 amide bonds. The predicted octanol–water partition coefficient (Wildman–Crippen LogP) is 3.33. The van der Waals surface area contributed by atoms with Crippen LogP contribution in [-0.4, -0.2) is 51.9 Å². The van der Waals surface area contributed by atoms with E-state index in [1.54, 1.807) is 12.1 Å². The molecule has 0 spiro atoms. The van der Waals surface area contributed by atoms with Crippen molar-refractivity contribution in [1.29, 1.82) is 0 Å². The van der Waals surface area contributed by atoms with Crippen molar-refractivity contribution in [1.82, 2.24) is 0 Å². The van der Waals surface area contributed by atoms with Gasteiger partial charge >= 0.3 is 5.97 Å². The van der Waals surface area contributed by atoms with E-state index in [0.717, 1.165) is 5.56 Å². The summed E-state index contributed by atoms with van der Waals surface area (Å²) in [5.74, 6) is -0.822. The lowest BCUT2D eigenvalue weighted by Crippen LogP contribution is -2.41. The molecule has 8 nitrogen and oxygen atoms in total. The molecule has 2 aromatic carbocycles. The number of carboxylic acids is 1. The molecule has 164 valence electrons. The second-order valence-corrected chi connectivity index (χ2v) is 7.07. The minimum absolute atomic E-state index is 0.239. The number of rotatable bonds is 9. The summed E-state index contributed by atoms with van der Waals surface area (Å²) in [7, 11) is 6.09. The summed E-state index contributed by atoms with van der Waals surface area (Å²) >= 11 is 0. The van der Waals surface area contributed by atoms with Gasteiger partial charge in [-0.15, -0.1) is 0 Å². The van der Waals surface area contributed by atoms with Gasteiger partial charge in [-0.3, -0.25) is 4.79 Å². The molecule has 8 heteroatoms. The van der Waals surface area contributed by atoms with Crippen LogP contribution in [0.4, 0.5) is 0 Å². The van der Waals surface area contributed by atoms with Gasteiger partial charge in [0, 0.05) is 25.1 Å². The first-order chi connectivity index (χ1) is 14.9. The summed E-state index contributed by atoms with van der Waals surface area (Å²) in [4.78, 5) is 21.1. The van der Waals surface area contributed by atoms with Crippen LogP contribution in [0.25, 0.3) is 0 Å². The first-order valence-corrected chi connectivity index (χ1v) is 9.69. The number of carboxylic acid groups (broad SMARTS) is 1. The van der Waals surface area contributed by atoms with Gasteiger partial charge in [-0.2, -0.15) is 0 Å². The summed E-state index contributed by atoms with van der Waals surface area (Å²) in [6, 6.07) is 12.9. The van der Waals surface area contributed by atoms with Gasteiger partial charge in [0.1, 0.15) is 5.41 Å². The monoisotopic (exact) mass is 426 g/mol. The van der Waals surface area contributed by atoms with Crippen molar-refractivity contribution in [3.8, 4) is 17.2 Å². The maximum absolute atomic E-state index is 12.2. The van der Waals surface area contributed by atoms with Gasteiger partial charge in [0.25, 0.3) is 5.85 Å². The van der Waals surface area contributed by atoms with E-state index < -0.39 is 17.2 Å². The number of aliphatic carboxylic acids is 1. The van der Waals surface area contributed by atoms with Crippen LogP contribution in [0, 0.1) is 5.41 Å². The van der Waals surface area contributed by atoms with E-state index in [1.807, 2.05) is 30.3 Å². The zero-order valence-electron chi connectivity index (χ0n) is 18.0. The van der Waals surface area contributed by atoms with Crippen LogP contribution in [0.15, 0.2) is 52.4 Å². The van der Waals surface area contributed by atoms with Gasteiger partial charge in [-0.25, -0.2) is 9.98 Å². The molecule has 1 aliphatic rings. The molecule has 31 heavy (non-hydrogen) atoms. The van der Waals surface area contributed by atoms with Crippen LogP contribution in [0.5, 0.6) is 17.2 Å². The Bertz CT molecular complexity index is 948. The van der Waals surface area contributed by atoms with Crippen LogP contribution in [0.3, 0.4) is 0 Å². The molecule has 1 N–H and O–H groups in total. The fourth-order valence-corrected chi connectivity index (χ4v) is 3.48. The van der Waals surface area contributed by atoms with E-state index in [9.17, 15) is 9.90 Å². The molecule has 3 rings (SSSR count). The molecule has 0 aliphatic carbocycles. The summed E-state index contributed by atoms with van der Waals surface area (Å²) in [6.07, 6.45) is 3.49. The summed E-state index contributed by atoms with van der Waals surface area (Å²) in [5.41, 5.74) is 0.189. The molecule has 1 aliphatic heterocycles. The van der Waals surface area contributed by atoms with Gasteiger partial charge in [-0.1, -0.05) is 30.3 Å². The number of benzene rings is 2. The maximum atomic E-state index is 12.2. The first-order valence-electron chi connectivity index (χ1n) is 9.69. The Balaban J connectivity index is 1.88. The van der Waals surface area contributed by atoms with E-state index in [2.05, 4.69) is 9.98 Å². The predicted molar refractivity (Wildman–Crippen MR) is 117 cm³/mol. The fourth-order valence-electron chi connectivity index (χ4n) is 3.48. The lowest BCUT2D eigenvalue weighted by Gasteiger charge is -2.32. The summed E-state index contributed by atoms with van der Waals surface area (Å²) < 4.78 is 21.7. The van der Waals surface area contributed by atoms with Crippen molar-refractivity contribution < 1.29 is 28.8 Å². The topological polar surface area (TPSA) is 98.9 Å². The molecule has 0 unspecified atom stereocenters. The van der Waals surface area contributed by atoms with Gasteiger partial charge in [-0.05, 0) is 30.5 Å². The van der Waals surface area contributed by atoms with Crippen molar-refractivity contribution in [2.75, 3.05) is 28.4 Å². The van der Waals surface area contributed by atoms with Crippen molar-refractivity contribution in [2.45, 2.75) is 18.7 Å². The lowest BCUT2D eigenvalue weighted by atomic mass is 9.83. The highest BCUT2D eigenvalue weighted by Gasteiger charge is 2.42. The highest BCUT2D eigenvalue weighted by Crippen LogP contribution is 2.40. The van der Waals surface area contributed by atoms with Crippen molar-refractivity contribution in [3.05, 3.63) is 53.6 Å². The Morgan fingerprint density at radius 3 is 1.97 bits per heavy atom. The SMILES string of the molecule is COc1cc(CCC2(C(=O)O)C=NC(OC)(c3ccccc3)N=C2)cc(OC)c1OC. The maximum Gasteiger partial charge on any atom is 0.320 e. The van der Waals surface area contributed by atoms with E-state index >= 15 is 0 Å². The minimum Gasteiger partial charge on any atom is -0.493 e. The van der Waals surface area contributed by atoms with Gasteiger partial charge < -0.3 is 24.1 Å². The van der Waals surface area contributed by atoms with Crippen LogP contribution >= 0.6 is 0 Å². The first kappa shape index (κ1) is 22.3. The molecule has 0 fully saturated rings. The third kappa shape index (κ3) is 4.25. The molecule has 0 atom stereocenters. The Morgan fingerprint density at radius 1 is 0.935 bits per heavy atom. The summed E-state index contributed by atoms with van der Waals surface area (Å²) in [5, 5.41) is 9.97. The van der Waals surface area contributed by atoms with Crippen LogP contribution in [-0.2, 0) is 21.8 Å². The number of aryl methyl sites for hydroxylation is 1. The van der Waals surface area contributed by atoms with E-state index in [0.29, 0.717) is 29.2 Å². The molecule has 0 radical (unpaired) electrons. The number of ether oxygens (including phenoxy) is 4. The molecule has 2 aromatic rings. The number of hydrogen-bond donors (Lipinski definition) is 1. The minimum atomic E-state index is -1.36. The molecule has 1 heterocycles. The molecule has 0 saturated carbocycles. The lowest BCUT2D eigenvalue weighted by molar-refractivity contribution is -0.141. The van der Waals surface area contributed by atoms with Gasteiger partial charge in [0.15, 0.2) is 11.5 Å². The molecular weight excluding hydrogens is 400 g/mol. The molecule has 0 saturated heterocycles. The van der Waals surface area contributed by atoms with E-state index in [1.165, 1.54) is 40.9 Å². The van der Waals surface area contributed by atoms with Crippen LogP contribution in [0.2, 0.25) is 0 Å². The normalized spacial score (nSPS) is 22.2. The number of carbonyl (C=O) groups is 1. The van der Waals surface area contributed by atoms with Crippen molar-refractivity contribution >= 4 is 18.4 Å². The Hall–Kier alpha value is -3.39. The molecule has 0 aromatic heterocycles. The largest absolute Gasteiger partial charge is 0.493 e. The van der Waals surface area contributed by atoms with Crippen LogP contribution in [0.1, 0.15) is 17.5 Å². The van der Waals surface area contributed by atoms with Gasteiger partial charge in [0.05, 0.1) is 21.3 Å². The Kier molecular flexibility index (Phi) is 6.60. The standard InChI is InChI=1S/C23H26N2O6/c1-28-18-12-16(13-19(29-2)20(18)30-3)10-11-22(21(26)27)14-24-23(31-4,25-15-22)17-8-6-5-7-9-17/h5-9,12-15H,10-11H2,1-4H3,(H,26,27). The zero-order chi connectivity index (χ0) is 22.5. The average Bonchev–Trinajstić information content (AvgIpc) is 2.82. The van der Waals surface area contributed by atoms with Crippen molar-refractivity contribution in [3.63, 3.8) is 0 Å². The van der Waals surface area contributed by atoms with Crippen molar-refractivity contribution in [2.24, 2.45) is 15.4 Å². The highest BCUT2D eigenvalue weighted by molar-refractivity contribution is 6.11. The third-order valence-electron chi connectivity index (χ3n) is 5.32. The second kappa shape index (κ2) is 9.18. The van der Waals surface area contributed by atoms with Crippen LogP contribution < -0.4 is 14.2 Å². The summed E-state index contributed by atoms with van der Waals surface area (Å²) in [6.45, 7) is 0. The quantitative estimate of drug-likeness (QED) is 0.660. The Labute approximate surface area is 181 Å². The smallest absolute Gasteiger partial charge is 0.320 e. The molecular formula is C23H26N2O6.